The van der Waals surface area contributed by atoms with Crippen LogP contribution in [0.2, 0.25) is 0 Å². The van der Waals surface area contributed by atoms with Gasteiger partial charge in [0.05, 0.1) is 25.4 Å². The summed E-state index contributed by atoms with van der Waals surface area (Å²) in [4.78, 5) is 17.3. The van der Waals surface area contributed by atoms with E-state index in [2.05, 4.69) is 4.98 Å². The molecule has 3 aromatic rings. The summed E-state index contributed by atoms with van der Waals surface area (Å²) >= 11 is 0. The summed E-state index contributed by atoms with van der Waals surface area (Å²) in [6, 6.07) is 13.2. The fourth-order valence-electron chi connectivity index (χ4n) is 2.90. The van der Waals surface area contributed by atoms with Gasteiger partial charge in [0, 0.05) is 22.1 Å². The van der Waals surface area contributed by atoms with E-state index < -0.39 is 0 Å². The van der Waals surface area contributed by atoms with Crippen LogP contribution in [-0.4, -0.2) is 25.0 Å². The Balaban J connectivity index is 2.03. The van der Waals surface area contributed by atoms with Crippen LogP contribution in [0, 0.1) is 0 Å². The molecule has 4 rings (SSSR count). The Hall–Kier alpha value is -2.88. The van der Waals surface area contributed by atoms with E-state index >= 15 is 0 Å². The van der Waals surface area contributed by atoms with Crippen LogP contribution in [0.25, 0.3) is 22.2 Å². The van der Waals surface area contributed by atoms with Crippen molar-refractivity contribution >= 4 is 16.7 Å². The lowest BCUT2D eigenvalue weighted by Gasteiger charge is -2.09. The topological polar surface area (TPSA) is 48.4 Å². The molecule has 0 radical (unpaired) electrons. The average Bonchev–Trinajstić information content (AvgIpc) is 2.83. The van der Waals surface area contributed by atoms with Crippen LogP contribution in [0.5, 0.6) is 11.5 Å². The summed E-state index contributed by atoms with van der Waals surface area (Å²) in [6.07, 6.45) is 0. The van der Waals surface area contributed by atoms with Gasteiger partial charge in [0.15, 0.2) is 17.3 Å². The minimum absolute atomic E-state index is 0.0239. The summed E-state index contributed by atoms with van der Waals surface area (Å²) < 4.78 is 10.6. The van der Waals surface area contributed by atoms with Crippen molar-refractivity contribution in [2.24, 2.45) is 0 Å². The number of nitrogens with zero attached hydrogens (tertiary/aromatic N) is 1. The molecule has 4 heteroatoms. The number of carbonyl (C=O) groups excluding carboxylic acids is 1. The summed E-state index contributed by atoms with van der Waals surface area (Å²) in [6.45, 7) is 0. The molecule has 0 amide bonds. The normalized spacial score (nSPS) is 12.2. The fraction of sp³-hybridized carbons (Fsp3) is 0.111. The van der Waals surface area contributed by atoms with Gasteiger partial charge in [0.2, 0.25) is 0 Å². The zero-order valence-electron chi connectivity index (χ0n) is 12.2. The Morgan fingerprint density at radius 2 is 1.55 bits per heavy atom. The Labute approximate surface area is 127 Å². The molecule has 0 atom stereocenters. The first-order chi connectivity index (χ1) is 10.7. The number of fused-ring (bicyclic) bond motifs is 4. The highest BCUT2D eigenvalue weighted by Crippen LogP contribution is 2.42. The van der Waals surface area contributed by atoms with Crippen molar-refractivity contribution in [3.05, 3.63) is 53.6 Å². The van der Waals surface area contributed by atoms with Crippen molar-refractivity contribution in [1.29, 1.82) is 0 Å². The minimum atomic E-state index is -0.0239. The van der Waals surface area contributed by atoms with Crippen LogP contribution in [0.3, 0.4) is 0 Å². The molecule has 1 aliphatic rings. The predicted molar refractivity (Wildman–Crippen MR) is 83.7 cm³/mol. The molecule has 0 fully saturated rings. The molecule has 2 aromatic carbocycles. The maximum Gasteiger partial charge on any atom is 0.196 e. The second-order valence-electron chi connectivity index (χ2n) is 5.16. The molecular weight excluding hydrogens is 278 g/mol. The molecule has 22 heavy (non-hydrogen) atoms. The lowest BCUT2D eigenvalue weighted by Crippen LogP contribution is -1.97. The first-order valence-corrected chi connectivity index (χ1v) is 6.94. The van der Waals surface area contributed by atoms with Crippen molar-refractivity contribution in [3.8, 4) is 22.8 Å². The third-order valence-corrected chi connectivity index (χ3v) is 3.99. The molecule has 0 N–H and O–H groups in total. The van der Waals surface area contributed by atoms with Gasteiger partial charge in [-0.15, -0.1) is 0 Å². The molecule has 1 aromatic heterocycles. The number of ether oxygens (including phenoxy) is 2. The number of carbonyl (C=O) groups is 1. The molecule has 0 unspecified atom stereocenters. The second-order valence-corrected chi connectivity index (χ2v) is 5.16. The maximum atomic E-state index is 12.7. The minimum Gasteiger partial charge on any atom is -0.493 e. The summed E-state index contributed by atoms with van der Waals surface area (Å²) in [5.74, 6) is 1.12. The highest BCUT2D eigenvalue weighted by molar-refractivity contribution is 6.22. The summed E-state index contributed by atoms with van der Waals surface area (Å²) in [5.41, 5.74) is 3.61. The number of methoxy groups -OCH3 is 2. The fourth-order valence-corrected chi connectivity index (χ4v) is 2.90. The van der Waals surface area contributed by atoms with Crippen LogP contribution in [0.1, 0.15) is 15.9 Å². The molecule has 1 heterocycles. The lowest BCUT2D eigenvalue weighted by atomic mass is 10.1. The van der Waals surface area contributed by atoms with E-state index in [4.69, 9.17) is 9.47 Å². The van der Waals surface area contributed by atoms with Crippen molar-refractivity contribution in [1.82, 2.24) is 4.98 Å². The Morgan fingerprint density at radius 3 is 2.27 bits per heavy atom. The van der Waals surface area contributed by atoms with Gasteiger partial charge in [-0.25, -0.2) is 4.98 Å². The van der Waals surface area contributed by atoms with Crippen molar-refractivity contribution in [3.63, 3.8) is 0 Å². The van der Waals surface area contributed by atoms with Crippen LogP contribution < -0.4 is 9.47 Å². The lowest BCUT2D eigenvalue weighted by molar-refractivity contribution is 0.104. The number of hydrogen-bond donors (Lipinski definition) is 0. The molecule has 4 nitrogen and oxygen atoms in total. The number of para-hydroxylation sites is 1. The van der Waals surface area contributed by atoms with E-state index in [1.165, 1.54) is 0 Å². The van der Waals surface area contributed by atoms with Gasteiger partial charge >= 0.3 is 0 Å². The van der Waals surface area contributed by atoms with Crippen molar-refractivity contribution in [2.45, 2.75) is 0 Å². The average molecular weight is 291 g/mol. The summed E-state index contributed by atoms with van der Waals surface area (Å²) in [5, 5.41) is 0.960. The molecule has 0 spiro atoms. The maximum absolute atomic E-state index is 12.7. The first-order valence-electron chi connectivity index (χ1n) is 6.94. The van der Waals surface area contributed by atoms with Crippen molar-refractivity contribution < 1.29 is 14.3 Å². The molecule has 108 valence electrons. The Kier molecular flexibility index (Phi) is 2.66. The smallest absolute Gasteiger partial charge is 0.196 e. The number of rotatable bonds is 2. The van der Waals surface area contributed by atoms with Crippen LogP contribution in [0.4, 0.5) is 0 Å². The Bertz CT molecular complexity index is 931. The SMILES string of the molecule is COc1cc2c(cc1OC)-c1nc3ccccc3cc1C2=O. The molecule has 0 aliphatic heterocycles. The predicted octanol–water partition coefficient (Wildman–Crippen LogP) is 3.46. The molecule has 0 saturated carbocycles. The molecular formula is C18H13NO3. The van der Waals surface area contributed by atoms with E-state index in [1.54, 1.807) is 20.3 Å². The standard InChI is InChI=1S/C18H13NO3/c1-21-15-8-11-12(9-16(15)22-2)18(20)13-7-10-5-3-4-6-14(10)19-17(11)13/h3-9H,1-2H3. The van der Waals surface area contributed by atoms with Crippen LogP contribution in [0.15, 0.2) is 42.5 Å². The highest BCUT2D eigenvalue weighted by atomic mass is 16.5. The van der Waals surface area contributed by atoms with Gasteiger partial charge in [-0.05, 0) is 24.3 Å². The number of benzene rings is 2. The zero-order valence-corrected chi connectivity index (χ0v) is 12.2. The molecule has 1 aliphatic carbocycles. The first kappa shape index (κ1) is 12.8. The van der Waals surface area contributed by atoms with E-state index in [9.17, 15) is 4.79 Å². The van der Waals surface area contributed by atoms with Gasteiger partial charge in [-0.3, -0.25) is 4.79 Å². The second kappa shape index (κ2) is 4.56. The summed E-state index contributed by atoms with van der Waals surface area (Å²) in [7, 11) is 3.14. The zero-order chi connectivity index (χ0) is 15.3. The molecule has 0 saturated heterocycles. The van der Waals surface area contributed by atoms with Crippen molar-refractivity contribution in [2.75, 3.05) is 14.2 Å². The Morgan fingerprint density at radius 1 is 0.864 bits per heavy atom. The van der Waals surface area contributed by atoms with Gasteiger partial charge in [-0.2, -0.15) is 0 Å². The quantitative estimate of drug-likeness (QED) is 0.567. The third kappa shape index (κ3) is 1.64. The van der Waals surface area contributed by atoms with E-state index in [0.717, 1.165) is 16.5 Å². The number of hydrogen-bond acceptors (Lipinski definition) is 4. The van der Waals surface area contributed by atoms with E-state index in [-0.39, 0.29) is 5.78 Å². The number of ketones is 1. The number of aromatic nitrogens is 1. The number of pyridine rings is 1. The van der Waals surface area contributed by atoms with Crippen LogP contribution >= 0.6 is 0 Å². The van der Waals surface area contributed by atoms with E-state index in [0.29, 0.717) is 28.3 Å². The van der Waals surface area contributed by atoms with Gasteiger partial charge < -0.3 is 9.47 Å². The third-order valence-electron chi connectivity index (χ3n) is 3.99. The van der Waals surface area contributed by atoms with Gasteiger partial charge in [0.1, 0.15) is 0 Å². The van der Waals surface area contributed by atoms with Gasteiger partial charge in [0.25, 0.3) is 0 Å². The monoisotopic (exact) mass is 291 g/mol. The molecule has 0 bridgehead atoms. The van der Waals surface area contributed by atoms with Crippen LogP contribution in [-0.2, 0) is 0 Å². The van der Waals surface area contributed by atoms with E-state index in [1.807, 2.05) is 36.4 Å². The highest BCUT2D eigenvalue weighted by Gasteiger charge is 2.30. The van der Waals surface area contributed by atoms with Gasteiger partial charge in [-0.1, -0.05) is 18.2 Å². The largest absolute Gasteiger partial charge is 0.493 e.